The molecule has 0 saturated carbocycles. The number of anilines is 1. The number of carbonyl (C=O) groups excluding carboxylic acids is 2. The lowest BCUT2D eigenvalue weighted by Gasteiger charge is -2.30. The van der Waals surface area contributed by atoms with Crippen LogP contribution >= 0.6 is 0 Å². The van der Waals surface area contributed by atoms with E-state index in [1.165, 1.54) is 10.4 Å². The summed E-state index contributed by atoms with van der Waals surface area (Å²) in [6, 6.07) is 4.75. The van der Waals surface area contributed by atoms with Crippen molar-refractivity contribution >= 4 is 27.5 Å². The minimum absolute atomic E-state index is 0.0327. The Balaban J connectivity index is 1.58. The Kier molecular flexibility index (Phi) is 6.16. The summed E-state index contributed by atoms with van der Waals surface area (Å²) in [4.78, 5) is 23.9. The van der Waals surface area contributed by atoms with Crippen LogP contribution in [0.25, 0.3) is 0 Å². The van der Waals surface area contributed by atoms with Gasteiger partial charge in [0.25, 0.3) is 0 Å². The summed E-state index contributed by atoms with van der Waals surface area (Å²) >= 11 is 0. The lowest BCUT2D eigenvalue weighted by atomic mass is 9.97. The van der Waals surface area contributed by atoms with E-state index in [0.29, 0.717) is 43.7 Å². The number of rotatable bonds is 7. The number of sulfonamides is 1. The molecule has 3 rings (SSSR count). The number of nitrogens with one attached hydrogen (secondary N) is 2. The zero-order valence-electron chi connectivity index (χ0n) is 15.7. The second kappa shape index (κ2) is 8.39. The summed E-state index contributed by atoms with van der Waals surface area (Å²) < 4.78 is 27.3. The molecule has 0 aliphatic carbocycles. The van der Waals surface area contributed by atoms with Crippen molar-refractivity contribution in [1.29, 1.82) is 0 Å². The van der Waals surface area contributed by atoms with Crippen molar-refractivity contribution < 1.29 is 18.0 Å². The number of hydrogen-bond acceptors (Lipinski definition) is 4. The van der Waals surface area contributed by atoms with Crippen LogP contribution in [0, 0.1) is 5.92 Å². The van der Waals surface area contributed by atoms with E-state index in [4.69, 9.17) is 0 Å². The van der Waals surface area contributed by atoms with Crippen LogP contribution in [0.3, 0.4) is 0 Å². The Bertz CT molecular complexity index is 814. The lowest BCUT2D eigenvalue weighted by Crippen LogP contribution is -2.43. The number of piperidine rings is 1. The Morgan fingerprint density at radius 3 is 2.70 bits per heavy atom. The molecule has 148 valence electrons. The fraction of sp³-hybridized carbons (Fsp3) is 0.579. The van der Waals surface area contributed by atoms with Gasteiger partial charge in [-0.15, -0.1) is 0 Å². The smallest absolute Gasteiger partial charge is 0.243 e. The second-order valence-corrected chi connectivity index (χ2v) is 9.16. The fourth-order valence-corrected chi connectivity index (χ4v) is 5.13. The third kappa shape index (κ3) is 4.50. The molecular formula is C19H27N3O4S. The van der Waals surface area contributed by atoms with Crippen LogP contribution in [0.2, 0.25) is 0 Å². The van der Waals surface area contributed by atoms with Crippen molar-refractivity contribution in [1.82, 2.24) is 9.62 Å². The van der Waals surface area contributed by atoms with Crippen LogP contribution in [-0.2, 0) is 26.0 Å². The maximum atomic E-state index is 12.9. The van der Waals surface area contributed by atoms with Gasteiger partial charge in [0.2, 0.25) is 21.8 Å². The van der Waals surface area contributed by atoms with Gasteiger partial charge in [0.05, 0.1) is 11.3 Å². The number of unbranched alkanes of at least 4 members (excludes halogenated alkanes) is 2. The van der Waals surface area contributed by atoms with Gasteiger partial charge >= 0.3 is 0 Å². The largest absolute Gasteiger partial charge is 0.356 e. The molecule has 7 nitrogen and oxygen atoms in total. The van der Waals surface area contributed by atoms with E-state index in [-0.39, 0.29) is 29.0 Å². The van der Waals surface area contributed by atoms with Crippen LogP contribution in [0.4, 0.5) is 5.69 Å². The standard InChI is InChI=1S/C19H27N3O4S/c1-2-3-4-9-20-19(24)14-7-10-22(11-8-14)27(25,26)16-5-6-17-15(12-16)13-18(23)21-17/h5-6,12,14H,2-4,7-11,13H2,1H3,(H,20,24)(H,21,23). The minimum atomic E-state index is -3.61. The maximum Gasteiger partial charge on any atom is 0.243 e. The molecule has 0 aromatic heterocycles. The molecule has 1 saturated heterocycles. The number of fused-ring (bicyclic) bond motifs is 1. The first kappa shape index (κ1) is 19.8. The molecule has 0 spiro atoms. The van der Waals surface area contributed by atoms with Crippen LogP contribution < -0.4 is 10.6 Å². The topological polar surface area (TPSA) is 95.6 Å². The normalized spacial score (nSPS) is 18.2. The number of nitrogens with zero attached hydrogens (tertiary/aromatic N) is 1. The number of benzene rings is 1. The molecule has 27 heavy (non-hydrogen) atoms. The van der Waals surface area contributed by atoms with E-state index in [9.17, 15) is 18.0 Å². The molecule has 1 aromatic carbocycles. The van der Waals surface area contributed by atoms with Crippen molar-refractivity contribution in [2.45, 2.75) is 50.3 Å². The van der Waals surface area contributed by atoms with Gasteiger partial charge in [-0.25, -0.2) is 8.42 Å². The molecule has 2 amide bonds. The SMILES string of the molecule is CCCCCNC(=O)C1CCN(S(=O)(=O)c2ccc3c(c2)CC(=O)N3)CC1. The molecule has 2 N–H and O–H groups in total. The summed E-state index contributed by atoms with van der Waals surface area (Å²) in [5.74, 6) is -0.213. The van der Waals surface area contributed by atoms with Gasteiger partial charge in [-0.1, -0.05) is 19.8 Å². The monoisotopic (exact) mass is 393 g/mol. The first-order chi connectivity index (χ1) is 12.9. The third-order valence-electron chi connectivity index (χ3n) is 5.24. The van der Waals surface area contributed by atoms with E-state index in [1.807, 2.05) is 0 Å². The molecule has 0 unspecified atom stereocenters. The number of hydrogen-bond donors (Lipinski definition) is 2. The third-order valence-corrected chi connectivity index (χ3v) is 7.14. The van der Waals surface area contributed by atoms with Crippen LogP contribution in [-0.4, -0.2) is 44.2 Å². The Morgan fingerprint density at radius 2 is 2.00 bits per heavy atom. The highest BCUT2D eigenvalue weighted by molar-refractivity contribution is 7.89. The van der Waals surface area contributed by atoms with E-state index in [0.717, 1.165) is 19.3 Å². The Labute approximate surface area is 160 Å². The molecule has 2 aliphatic heterocycles. The first-order valence-electron chi connectivity index (χ1n) is 9.62. The highest BCUT2D eigenvalue weighted by Crippen LogP contribution is 2.29. The van der Waals surface area contributed by atoms with E-state index in [2.05, 4.69) is 17.6 Å². The lowest BCUT2D eigenvalue weighted by molar-refractivity contribution is -0.126. The van der Waals surface area contributed by atoms with Gasteiger partial charge in [0, 0.05) is 31.2 Å². The van der Waals surface area contributed by atoms with Gasteiger partial charge in [0.15, 0.2) is 0 Å². The highest BCUT2D eigenvalue weighted by atomic mass is 32.2. The summed E-state index contributed by atoms with van der Waals surface area (Å²) in [6.07, 6.45) is 4.45. The van der Waals surface area contributed by atoms with Gasteiger partial charge < -0.3 is 10.6 Å². The number of carbonyl (C=O) groups is 2. The molecule has 0 atom stereocenters. The molecule has 8 heteroatoms. The van der Waals surface area contributed by atoms with Crippen molar-refractivity contribution in [3.63, 3.8) is 0 Å². The van der Waals surface area contributed by atoms with E-state index < -0.39 is 10.0 Å². The Morgan fingerprint density at radius 1 is 1.26 bits per heavy atom. The van der Waals surface area contributed by atoms with E-state index in [1.54, 1.807) is 12.1 Å². The van der Waals surface area contributed by atoms with Gasteiger partial charge in [0.1, 0.15) is 0 Å². The van der Waals surface area contributed by atoms with Gasteiger partial charge in [-0.3, -0.25) is 9.59 Å². The van der Waals surface area contributed by atoms with Crippen LogP contribution in [0.5, 0.6) is 0 Å². The summed E-state index contributed by atoms with van der Waals surface area (Å²) in [7, 11) is -3.61. The van der Waals surface area contributed by atoms with Crippen molar-refractivity contribution in [2.75, 3.05) is 25.0 Å². The van der Waals surface area contributed by atoms with Crippen molar-refractivity contribution in [2.24, 2.45) is 5.92 Å². The predicted molar refractivity (Wildman–Crippen MR) is 103 cm³/mol. The predicted octanol–water partition coefficient (Wildman–Crippen LogP) is 1.89. The number of amides is 2. The molecule has 0 bridgehead atoms. The first-order valence-corrected chi connectivity index (χ1v) is 11.1. The molecule has 2 aliphatic rings. The fourth-order valence-electron chi connectivity index (χ4n) is 3.60. The van der Waals surface area contributed by atoms with E-state index >= 15 is 0 Å². The second-order valence-electron chi connectivity index (χ2n) is 7.22. The van der Waals surface area contributed by atoms with Crippen LogP contribution in [0.1, 0.15) is 44.6 Å². The zero-order valence-corrected chi connectivity index (χ0v) is 16.5. The molecule has 2 heterocycles. The van der Waals surface area contributed by atoms with Crippen molar-refractivity contribution in [3.05, 3.63) is 23.8 Å². The Hall–Kier alpha value is -1.93. The zero-order chi connectivity index (χ0) is 19.4. The minimum Gasteiger partial charge on any atom is -0.356 e. The average Bonchev–Trinajstić information content (AvgIpc) is 3.04. The molecule has 0 radical (unpaired) electrons. The summed E-state index contributed by atoms with van der Waals surface area (Å²) in [5.41, 5.74) is 1.39. The summed E-state index contributed by atoms with van der Waals surface area (Å²) in [5, 5.41) is 5.67. The maximum absolute atomic E-state index is 12.9. The molecule has 1 fully saturated rings. The highest BCUT2D eigenvalue weighted by Gasteiger charge is 2.32. The van der Waals surface area contributed by atoms with Gasteiger partial charge in [-0.2, -0.15) is 4.31 Å². The molecule has 1 aromatic rings. The molecular weight excluding hydrogens is 366 g/mol. The summed E-state index contributed by atoms with van der Waals surface area (Å²) in [6.45, 7) is 3.48. The van der Waals surface area contributed by atoms with Gasteiger partial charge in [-0.05, 0) is 43.0 Å². The quantitative estimate of drug-likeness (QED) is 0.692. The average molecular weight is 394 g/mol. The van der Waals surface area contributed by atoms with Crippen LogP contribution in [0.15, 0.2) is 23.1 Å². The van der Waals surface area contributed by atoms with Crippen molar-refractivity contribution in [3.8, 4) is 0 Å².